The molecule has 0 aliphatic carbocycles. The van der Waals surface area contributed by atoms with Crippen LogP contribution in [0.2, 0.25) is 0 Å². The molecule has 4 heteroatoms. The molecule has 3 rings (SSSR count). The van der Waals surface area contributed by atoms with Crippen LogP contribution in [0.3, 0.4) is 0 Å². The van der Waals surface area contributed by atoms with Gasteiger partial charge in [-0.3, -0.25) is 9.36 Å². The molecule has 0 bridgehead atoms. The van der Waals surface area contributed by atoms with E-state index in [1.807, 2.05) is 30.3 Å². The van der Waals surface area contributed by atoms with Crippen LogP contribution in [0.1, 0.15) is 10.4 Å². The zero-order valence-corrected chi connectivity index (χ0v) is 9.58. The van der Waals surface area contributed by atoms with Gasteiger partial charge >= 0.3 is 0 Å². The number of benzene rings is 1. The number of nitrogens with zero attached hydrogens (tertiary/aromatic N) is 2. The Bertz CT molecular complexity index is 653. The van der Waals surface area contributed by atoms with Gasteiger partial charge in [-0.25, -0.2) is 4.98 Å². The fourth-order valence-corrected chi connectivity index (χ4v) is 1.88. The number of aromatic nitrogens is 3. The van der Waals surface area contributed by atoms with Crippen molar-refractivity contribution in [2.45, 2.75) is 0 Å². The summed E-state index contributed by atoms with van der Waals surface area (Å²) in [5, 5.41) is 0. The molecule has 0 amide bonds. The predicted octanol–water partition coefficient (Wildman–Crippen LogP) is 2.57. The second-order valence-corrected chi connectivity index (χ2v) is 3.87. The van der Waals surface area contributed by atoms with Gasteiger partial charge in [0.2, 0.25) is 0 Å². The number of carbonyl (C=O) groups is 1. The number of H-pyrrole nitrogens is 1. The van der Waals surface area contributed by atoms with Gasteiger partial charge in [-0.2, -0.15) is 0 Å². The molecule has 4 nitrogen and oxygen atoms in total. The van der Waals surface area contributed by atoms with Crippen LogP contribution < -0.4 is 0 Å². The van der Waals surface area contributed by atoms with Crippen LogP contribution in [0.4, 0.5) is 0 Å². The highest BCUT2D eigenvalue weighted by Crippen LogP contribution is 2.17. The van der Waals surface area contributed by atoms with Gasteiger partial charge in [-0.05, 0) is 24.3 Å². The highest BCUT2D eigenvalue weighted by Gasteiger charge is 2.13. The number of imidazole rings is 1. The first-order valence-corrected chi connectivity index (χ1v) is 5.63. The second-order valence-electron chi connectivity index (χ2n) is 3.87. The Hall–Kier alpha value is -2.62. The van der Waals surface area contributed by atoms with E-state index in [2.05, 4.69) is 9.97 Å². The predicted molar refractivity (Wildman–Crippen MR) is 68.2 cm³/mol. The summed E-state index contributed by atoms with van der Waals surface area (Å²) < 4.78 is 1.59. The molecule has 0 aliphatic heterocycles. The van der Waals surface area contributed by atoms with Crippen molar-refractivity contribution in [3.8, 4) is 11.5 Å². The molecule has 88 valence electrons. The molecule has 1 N–H and O–H groups in total. The molecule has 0 saturated heterocycles. The number of hydrogen-bond acceptors (Lipinski definition) is 2. The molecule has 2 aromatic heterocycles. The van der Waals surface area contributed by atoms with E-state index in [4.69, 9.17) is 0 Å². The minimum Gasteiger partial charge on any atom is -0.343 e. The topological polar surface area (TPSA) is 50.7 Å². The van der Waals surface area contributed by atoms with Crippen molar-refractivity contribution < 1.29 is 4.79 Å². The third kappa shape index (κ3) is 1.73. The van der Waals surface area contributed by atoms with Gasteiger partial charge in [0.05, 0.1) is 5.69 Å². The Morgan fingerprint density at radius 3 is 2.67 bits per heavy atom. The minimum atomic E-state index is -0.0630. The van der Waals surface area contributed by atoms with Gasteiger partial charge < -0.3 is 4.98 Å². The lowest BCUT2D eigenvalue weighted by molar-refractivity contribution is 0.0962. The van der Waals surface area contributed by atoms with Crippen molar-refractivity contribution in [1.82, 2.24) is 14.5 Å². The molecule has 0 fully saturated rings. The van der Waals surface area contributed by atoms with E-state index in [0.717, 1.165) is 5.69 Å². The van der Waals surface area contributed by atoms with Gasteiger partial charge in [0, 0.05) is 24.2 Å². The van der Waals surface area contributed by atoms with Crippen molar-refractivity contribution in [3.05, 3.63) is 66.6 Å². The van der Waals surface area contributed by atoms with E-state index < -0.39 is 0 Å². The van der Waals surface area contributed by atoms with Gasteiger partial charge in [0.25, 0.3) is 5.91 Å². The van der Waals surface area contributed by atoms with Crippen LogP contribution in [0, 0.1) is 0 Å². The monoisotopic (exact) mass is 237 g/mol. The molecular weight excluding hydrogens is 226 g/mol. The lowest BCUT2D eigenvalue weighted by atomic mass is 10.2. The molecule has 0 atom stereocenters. The van der Waals surface area contributed by atoms with Gasteiger partial charge in [0.1, 0.15) is 0 Å². The molecule has 2 heterocycles. The maximum atomic E-state index is 12.3. The van der Waals surface area contributed by atoms with Crippen LogP contribution in [0.15, 0.2) is 61.1 Å². The lowest BCUT2D eigenvalue weighted by Gasteiger charge is -2.05. The third-order valence-corrected chi connectivity index (χ3v) is 2.73. The van der Waals surface area contributed by atoms with Gasteiger partial charge in [-0.15, -0.1) is 0 Å². The van der Waals surface area contributed by atoms with Crippen molar-refractivity contribution in [3.63, 3.8) is 0 Å². The van der Waals surface area contributed by atoms with Gasteiger partial charge in [-0.1, -0.05) is 18.2 Å². The minimum absolute atomic E-state index is 0.0630. The molecule has 3 aromatic rings. The number of aromatic amines is 1. The summed E-state index contributed by atoms with van der Waals surface area (Å²) in [5.74, 6) is 0.622. The smallest absolute Gasteiger partial charge is 0.262 e. The maximum Gasteiger partial charge on any atom is 0.262 e. The van der Waals surface area contributed by atoms with E-state index in [0.29, 0.717) is 11.4 Å². The number of rotatable bonds is 2. The van der Waals surface area contributed by atoms with Crippen LogP contribution in [0.25, 0.3) is 11.5 Å². The molecular formula is C14H11N3O. The Morgan fingerprint density at radius 1 is 1.11 bits per heavy atom. The standard InChI is InChI=1S/C14H11N3O/c18-14(11-5-2-1-3-6-11)17-10-4-7-12(17)13-15-8-9-16-13/h1-10H,(H,15,16). The second kappa shape index (κ2) is 4.33. The van der Waals surface area contributed by atoms with Crippen LogP contribution >= 0.6 is 0 Å². The highest BCUT2D eigenvalue weighted by atomic mass is 16.2. The number of nitrogens with one attached hydrogen (secondary N) is 1. The van der Waals surface area contributed by atoms with Crippen molar-refractivity contribution in [1.29, 1.82) is 0 Å². The fraction of sp³-hybridized carbons (Fsp3) is 0. The van der Waals surface area contributed by atoms with Crippen LogP contribution in [-0.2, 0) is 0 Å². The maximum absolute atomic E-state index is 12.3. The summed E-state index contributed by atoms with van der Waals surface area (Å²) in [6.07, 6.45) is 5.15. The first kappa shape index (κ1) is 10.5. The Kier molecular flexibility index (Phi) is 2.53. The summed E-state index contributed by atoms with van der Waals surface area (Å²) in [5.41, 5.74) is 1.41. The normalized spacial score (nSPS) is 10.4. The van der Waals surface area contributed by atoms with E-state index >= 15 is 0 Å². The first-order valence-electron chi connectivity index (χ1n) is 5.63. The molecule has 1 aromatic carbocycles. The Morgan fingerprint density at radius 2 is 1.94 bits per heavy atom. The average molecular weight is 237 g/mol. The largest absolute Gasteiger partial charge is 0.343 e. The van der Waals surface area contributed by atoms with Gasteiger partial charge in [0.15, 0.2) is 5.82 Å². The van der Waals surface area contributed by atoms with Crippen molar-refractivity contribution in [2.24, 2.45) is 0 Å². The summed E-state index contributed by atoms with van der Waals surface area (Å²) in [6.45, 7) is 0. The average Bonchev–Trinajstić information content (AvgIpc) is 3.09. The number of hydrogen-bond donors (Lipinski definition) is 1. The summed E-state index contributed by atoms with van der Waals surface area (Å²) in [7, 11) is 0. The molecule has 0 aliphatic rings. The van der Waals surface area contributed by atoms with E-state index in [1.165, 1.54) is 0 Å². The van der Waals surface area contributed by atoms with E-state index in [1.54, 1.807) is 35.3 Å². The summed E-state index contributed by atoms with van der Waals surface area (Å²) in [4.78, 5) is 19.5. The fourth-order valence-electron chi connectivity index (χ4n) is 1.88. The summed E-state index contributed by atoms with van der Waals surface area (Å²) in [6, 6.07) is 12.9. The lowest BCUT2D eigenvalue weighted by Crippen LogP contribution is -2.12. The van der Waals surface area contributed by atoms with E-state index in [9.17, 15) is 4.79 Å². The first-order chi connectivity index (χ1) is 8.86. The molecule has 18 heavy (non-hydrogen) atoms. The van der Waals surface area contributed by atoms with Crippen molar-refractivity contribution in [2.75, 3.05) is 0 Å². The molecule has 0 unspecified atom stereocenters. The van der Waals surface area contributed by atoms with Crippen molar-refractivity contribution >= 4 is 5.91 Å². The zero-order valence-electron chi connectivity index (χ0n) is 9.58. The SMILES string of the molecule is O=C(c1ccccc1)n1cccc1-c1ncc[nH]1. The highest BCUT2D eigenvalue weighted by molar-refractivity contribution is 5.98. The Labute approximate surface area is 104 Å². The summed E-state index contributed by atoms with van der Waals surface area (Å²) >= 11 is 0. The quantitative estimate of drug-likeness (QED) is 0.744. The van der Waals surface area contributed by atoms with Crippen LogP contribution in [0.5, 0.6) is 0 Å². The third-order valence-electron chi connectivity index (χ3n) is 2.73. The number of carbonyl (C=O) groups excluding carboxylic acids is 1. The molecule has 0 spiro atoms. The zero-order chi connectivity index (χ0) is 12.4. The molecule has 0 saturated carbocycles. The molecule has 0 radical (unpaired) electrons. The Balaban J connectivity index is 2.04. The van der Waals surface area contributed by atoms with E-state index in [-0.39, 0.29) is 5.91 Å². The van der Waals surface area contributed by atoms with Crippen LogP contribution in [-0.4, -0.2) is 20.4 Å².